The molecule has 11 heteroatoms. The van der Waals surface area contributed by atoms with Crippen LogP contribution in [-0.2, 0) is 25.6 Å². The number of carbonyl (C=O) groups excluding carboxylic acids is 3. The van der Waals surface area contributed by atoms with Gasteiger partial charge >= 0.3 is 5.97 Å². The number of nitrogens with two attached hydrogens (primary N) is 2. The van der Waals surface area contributed by atoms with Crippen LogP contribution in [0.25, 0.3) is 10.9 Å². The molecular weight excluding hydrogens is 500 g/mol. The first-order valence-corrected chi connectivity index (χ1v) is 12.7. The van der Waals surface area contributed by atoms with Crippen LogP contribution in [0.2, 0.25) is 0 Å². The summed E-state index contributed by atoms with van der Waals surface area (Å²) in [5, 5.41) is 17.7. The average molecular weight is 535 g/mol. The van der Waals surface area contributed by atoms with Gasteiger partial charge in [0.1, 0.15) is 6.04 Å². The van der Waals surface area contributed by atoms with Gasteiger partial charge in [-0.05, 0) is 43.4 Å². The highest BCUT2D eigenvalue weighted by atomic mass is 16.4. The van der Waals surface area contributed by atoms with Gasteiger partial charge < -0.3 is 32.5 Å². The molecule has 3 atom stereocenters. The number of rotatable bonds is 14. The highest BCUT2D eigenvalue weighted by Crippen LogP contribution is 2.17. The maximum Gasteiger partial charge on any atom is 0.305 e. The van der Waals surface area contributed by atoms with Crippen molar-refractivity contribution < 1.29 is 24.3 Å². The van der Waals surface area contributed by atoms with E-state index in [-0.39, 0.29) is 18.9 Å². The first-order valence-electron chi connectivity index (χ1n) is 12.7. The fourth-order valence-corrected chi connectivity index (χ4v) is 3.95. The van der Waals surface area contributed by atoms with Gasteiger partial charge in [-0.25, -0.2) is 0 Å². The Hall–Kier alpha value is -4.35. The van der Waals surface area contributed by atoms with Gasteiger partial charge in [-0.1, -0.05) is 48.5 Å². The van der Waals surface area contributed by atoms with Crippen LogP contribution in [0.15, 0.2) is 66.9 Å². The number of amides is 3. The molecule has 0 saturated heterocycles. The van der Waals surface area contributed by atoms with Crippen LogP contribution in [0.5, 0.6) is 0 Å². The van der Waals surface area contributed by atoms with E-state index in [9.17, 15) is 19.2 Å². The minimum absolute atomic E-state index is 0.181. The maximum absolute atomic E-state index is 13.2. The van der Waals surface area contributed by atoms with Gasteiger partial charge in [-0.15, -0.1) is 0 Å². The second-order valence-electron chi connectivity index (χ2n) is 9.24. The van der Waals surface area contributed by atoms with Crippen molar-refractivity contribution in [1.82, 2.24) is 15.6 Å². The zero-order valence-electron chi connectivity index (χ0n) is 21.5. The number of hydrogen-bond donors (Lipinski definition) is 6. The number of nitrogens with zero attached hydrogens (tertiary/aromatic N) is 1. The number of para-hydroxylation sites is 1. The molecule has 2 aromatic carbocycles. The van der Waals surface area contributed by atoms with E-state index in [4.69, 9.17) is 16.6 Å². The number of benzene rings is 2. The molecule has 0 spiro atoms. The molecule has 0 aliphatic heterocycles. The zero-order chi connectivity index (χ0) is 28.2. The Kier molecular flexibility index (Phi) is 10.9. The van der Waals surface area contributed by atoms with Gasteiger partial charge in [0.05, 0.1) is 35.9 Å². The second-order valence-corrected chi connectivity index (χ2v) is 9.24. The Bertz CT molecular complexity index is 1290. The third-order valence-corrected chi connectivity index (χ3v) is 6.11. The van der Waals surface area contributed by atoms with Crippen LogP contribution < -0.4 is 27.4 Å². The summed E-state index contributed by atoms with van der Waals surface area (Å²) in [6.45, 7) is 0.181. The van der Waals surface area contributed by atoms with E-state index in [1.807, 2.05) is 60.7 Å². The van der Waals surface area contributed by atoms with Crippen molar-refractivity contribution in [3.05, 3.63) is 72.4 Å². The lowest BCUT2D eigenvalue weighted by Gasteiger charge is -2.21. The molecule has 206 valence electrons. The van der Waals surface area contributed by atoms with Crippen LogP contribution in [0.4, 0.5) is 5.69 Å². The lowest BCUT2D eigenvalue weighted by atomic mass is 10.0. The lowest BCUT2D eigenvalue weighted by molar-refractivity contribution is -0.139. The van der Waals surface area contributed by atoms with Crippen molar-refractivity contribution in [2.45, 2.75) is 50.2 Å². The predicted molar refractivity (Wildman–Crippen MR) is 148 cm³/mol. The molecule has 1 aromatic heterocycles. The average Bonchev–Trinajstić information content (AvgIpc) is 2.93. The first kappa shape index (κ1) is 29.2. The molecule has 0 fully saturated rings. The molecule has 3 aromatic rings. The number of hydrogen-bond acceptors (Lipinski definition) is 7. The third-order valence-electron chi connectivity index (χ3n) is 6.11. The third kappa shape index (κ3) is 9.47. The number of carboxylic acids is 1. The molecule has 8 N–H and O–H groups in total. The van der Waals surface area contributed by atoms with Crippen molar-refractivity contribution in [2.24, 2.45) is 11.5 Å². The Labute approximate surface area is 226 Å². The molecular formula is C28H34N6O5. The van der Waals surface area contributed by atoms with Crippen LogP contribution in [0.1, 0.15) is 31.2 Å². The van der Waals surface area contributed by atoms with E-state index in [0.717, 1.165) is 16.5 Å². The van der Waals surface area contributed by atoms with Crippen molar-refractivity contribution in [1.29, 1.82) is 0 Å². The fraction of sp³-hybridized carbons (Fsp3) is 0.321. The summed E-state index contributed by atoms with van der Waals surface area (Å²) < 4.78 is 0. The van der Waals surface area contributed by atoms with Crippen molar-refractivity contribution >= 4 is 40.3 Å². The quantitative estimate of drug-likeness (QED) is 0.167. The Balaban J connectivity index is 1.57. The standard InChI is InChI=1S/C28H34N6O5/c29-21(10-6-14-31-26(37)22(30)16-25(35)36)27(38)34-24(13-12-18-7-2-1-3-8-18)28(39)33-20-15-19-9-4-5-11-23(19)32-17-20/h1-5,7-9,11,15,17,21-22,24H,6,10,12-14,16,29-30H2,(H,31,37)(H,33,39)(H,34,38)(H,35,36)/t21-,22-,24+/m0/s1. The Morgan fingerprint density at radius 3 is 2.33 bits per heavy atom. The molecule has 3 amide bonds. The smallest absolute Gasteiger partial charge is 0.305 e. The fourth-order valence-electron chi connectivity index (χ4n) is 3.95. The maximum atomic E-state index is 13.2. The summed E-state index contributed by atoms with van der Waals surface area (Å²) in [4.78, 5) is 52.9. The molecule has 0 unspecified atom stereocenters. The molecule has 11 nitrogen and oxygen atoms in total. The summed E-state index contributed by atoms with van der Waals surface area (Å²) in [6, 6.07) is 16.1. The van der Waals surface area contributed by atoms with Gasteiger partial charge in [0, 0.05) is 11.9 Å². The van der Waals surface area contributed by atoms with Gasteiger partial charge in [0.25, 0.3) is 0 Å². The minimum atomic E-state index is -1.17. The molecule has 39 heavy (non-hydrogen) atoms. The predicted octanol–water partition coefficient (Wildman–Crippen LogP) is 1.32. The van der Waals surface area contributed by atoms with Crippen molar-refractivity contribution in [3.63, 3.8) is 0 Å². The van der Waals surface area contributed by atoms with E-state index in [1.165, 1.54) is 0 Å². The number of nitrogens with one attached hydrogen (secondary N) is 3. The molecule has 1 heterocycles. The summed E-state index contributed by atoms with van der Waals surface area (Å²) in [6.07, 6.45) is 2.61. The van der Waals surface area contributed by atoms with E-state index < -0.39 is 42.3 Å². The number of aromatic nitrogens is 1. The minimum Gasteiger partial charge on any atom is -0.481 e. The first-order chi connectivity index (χ1) is 18.7. The number of aliphatic carboxylic acids is 1. The van der Waals surface area contributed by atoms with E-state index in [1.54, 1.807) is 6.20 Å². The molecule has 0 bridgehead atoms. The van der Waals surface area contributed by atoms with E-state index >= 15 is 0 Å². The van der Waals surface area contributed by atoms with Crippen LogP contribution in [-0.4, -0.2) is 58.5 Å². The normalized spacial score (nSPS) is 13.2. The number of fused-ring (bicyclic) bond motifs is 1. The molecule has 3 rings (SSSR count). The highest BCUT2D eigenvalue weighted by Gasteiger charge is 2.24. The Morgan fingerprint density at radius 1 is 0.872 bits per heavy atom. The largest absolute Gasteiger partial charge is 0.481 e. The second kappa shape index (κ2) is 14.6. The van der Waals surface area contributed by atoms with Crippen LogP contribution >= 0.6 is 0 Å². The van der Waals surface area contributed by atoms with Crippen LogP contribution in [0.3, 0.4) is 0 Å². The SMILES string of the molecule is N[C@@H](CC(=O)O)C(=O)NCCC[C@H](N)C(=O)N[C@H](CCc1ccccc1)C(=O)Nc1cnc2ccccc2c1. The number of aryl methyl sites for hydroxylation is 1. The molecule has 0 radical (unpaired) electrons. The van der Waals surface area contributed by atoms with E-state index in [2.05, 4.69) is 20.9 Å². The molecule has 0 saturated carbocycles. The van der Waals surface area contributed by atoms with Crippen molar-refractivity contribution in [2.75, 3.05) is 11.9 Å². The number of pyridine rings is 1. The summed E-state index contributed by atoms with van der Waals surface area (Å²) in [5.41, 5.74) is 13.9. The lowest BCUT2D eigenvalue weighted by Crippen LogP contribution is -2.50. The summed E-state index contributed by atoms with van der Waals surface area (Å²) in [5.74, 6) is -2.63. The number of carbonyl (C=O) groups is 4. The van der Waals surface area contributed by atoms with Crippen molar-refractivity contribution in [3.8, 4) is 0 Å². The highest BCUT2D eigenvalue weighted by molar-refractivity contribution is 5.99. The van der Waals surface area contributed by atoms with Gasteiger partial charge in [-0.3, -0.25) is 24.2 Å². The summed E-state index contributed by atoms with van der Waals surface area (Å²) >= 11 is 0. The molecule has 0 aliphatic rings. The van der Waals surface area contributed by atoms with Gasteiger partial charge in [0.15, 0.2) is 0 Å². The zero-order valence-corrected chi connectivity index (χ0v) is 21.5. The monoisotopic (exact) mass is 534 g/mol. The van der Waals surface area contributed by atoms with Gasteiger partial charge in [0.2, 0.25) is 17.7 Å². The number of carboxylic acid groups (broad SMARTS) is 1. The number of anilines is 1. The Morgan fingerprint density at radius 2 is 1.59 bits per heavy atom. The van der Waals surface area contributed by atoms with Gasteiger partial charge in [-0.2, -0.15) is 0 Å². The molecule has 0 aliphatic carbocycles. The topological polar surface area (TPSA) is 190 Å². The summed E-state index contributed by atoms with van der Waals surface area (Å²) in [7, 11) is 0. The van der Waals surface area contributed by atoms with Crippen LogP contribution in [0, 0.1) is 0 Å². The van der Waals surface area contributed by atoms with E-state index in [0.29, 0.717) is 24.9 Å².